The summed E-state index contributed by atoms with van der Waals surface area (Å²) in [6.07, 6.45) is 2.00. The summed E-state index contributed by atoms with van der Waals surface area (Å²) in [5.41, 5.74) is 7.96. The van der Waals surface area contributed by atoms with Gasteiger partial charge in [-0.3, -0.25) is 0 Å². The summed E-state index contributed by atoms with van der Waals surface area (Å²) in [6, 6.07) is 0. The SMILES string of the molecule is CSCc1noc(-c2c(N)sc(C)c2C)n1. The Morgan fingerprint density at radius 2 is 2.19 bits per heavy atom. The number of nitrogens with zero attached hydrogens (tertiary/aromatic N) is 2. The summed E-state index contributed by atoms with van der Waals surface area (Å²) in [5, 5.41) is 4.66. The largest absolute Gasteiger partial charge is 0.390 e. The Labute approximate surface area is 102 Å². The van der Waals surface area contributed by atoms with E-state index in [0.29, 0.717) is 11.7 Å². The van der Waals surface area contributed by atoms with Gasteiger partial charge in [0, 0.05) is 4.88 Å². The molecule has 0 aromatic carbocycles. The highest BCUT2D eigenvalue weighted by Crippen LogP contribution is 2.37. The van der Waals surface area contributed by atoms with Crippen LogP contribution in [0.1, 0.15) is 16.3 Å². The van der Waals surface area contributed by atoms with Crippen molar-refractivity contribution in [2.45, 2.75) is 19.6 Å². The zero-order valence-electron chi connectivity index (χ0n) is 9.40. The molecule has 2 rings (SSSR count). The highest BCUT2D eigenvalue weighted by molar-refractivity contribution is 7.97. The van der Waals surface area contributed by atoms with Crippen LogP contribution in [0.25, 0.3) is 11.5 Å². The molecule has 0 bridgehead atoms. The molecule has 0 spiro atoms. The third kappa shape index (κ3) is 1.94. The zero-order valence-corrected chi connectivity index (χ0v) is 11.0. The van der Waals surface area contributed by atoms with Crippen LogP contribution in [0.15, 0.2) is 4.52 Å². The molecule has 2 N–H and O–H groups in total. The fraction of sp³-hybridized carbons (Fsp3) is 0.400. The van der Waals surface area contributed by atoms with Crippen molar-refractivity contribution in [2.75, 3.05) is 12.0 Å². The van der Waals surface area contributed by atoms with E-state index in [9.17, 15) is 0 Å². The van der Waals surface area contributed by atoms with E-state index in [1.807, 2.05) is 20.1 Å². The molecule has 0 aliphatic rings. The summed E-state index contributed by atoms with van der Waals surface area (Å²) in [7, 11) is 0. The van der Waals surface area contributed by atoms with Crippen molar-refractivity contribution >= 4 is 28.1 Å². The Morgan fingerprint density at radius 1 is 1.44 bits per heavy atom. The van der Waals surface area contributed by atoms with E-state index < -0.39 is 0 Å². The summed E-state index contributed by atoms with van der Waals surface area (Å²) >= 11 is 3.22. The molecule has 0 unspecified atom stereocenters. The van der Waals surface area contributed by atoms with Gasteiger partial charge in [0.15, 0.2) is 5.82 Å². The van der Waals surface area contributed by atoms with Crippen molar-refractivity contribution in [1.29, 1.82) is 0 Å². The van der Waals surface area contributed by atoms with Crippen LogP contribution < -0.4 is 5.73 Å². The molecule has 16 heavy (non-hydrogen) atoms. The standard InChI is InChI=1S/C10H13N3OS2/c1-5-6(2)16-9(11)8(5)10-12-7(4-15-3)13-14-10/h4,11H2,1-3H3. The lowest BCUT2D eigenvalue weighted by atomic mass is 10.1. The van der Waals surface area contributed by atoms with Gasteiger partial charge < -0.3 is 10.3 Å². The van der Waals surface area contributed by atoms with E-state index in [-0.39, 0.29) is 0 Å². The molecule has 2 aromatic rings. The Balaban J connectivity index is 2.42. The van der Waals surface area contributed by atoms with Crippen molar-refractivity contribution in [1.82, 2.24) is 10.1 Å². The second-order valence-electron chi connectivity index (χ2n) is 3.47. The average molecular weight is 255 g/mol. The van der Waals surface area contributed by atoms with Gasteiger partial charge in [-0.1, -0.05) is 5.16 Å². The lowest BCUT2D eigenvalue weighted by molar-refractivity contribution is 0.425. The summed E-state index contributed by atoms with van der Waals surface area (Å²) in [5.74, 6) is 2.00. The van der Waals surface area contributed by atoms with Crippen molar-refractivity contribution < 1.29 is 4.52 Å². The van der Waals surface area contributed by atoms with Gasteiger partial charge in [0.2, 0.25) is 0 Å². The smallest absolute Gasteiger partial charge is 0.261 e. The molecule has 0 aliphatic carbocycles. The molecule has 2 heterocycles. The number of thioether (sulfide) groups is 1. The van der Waals surface area contributed by atoms with Crippen LogP contribution in [-0.4, -0.2) is 16.4 Å². The zero-order chi connectivity index (χ0) is 11.7. The second-order valence-corrected chi connectivity index (χ2v) is 5.59. The topological polar surface area (TPSA) is 64.9 Å². The maximum absolute atomic E-state index is 5.94. The molecule has 6 heteroatoms. The van der Waals surface area contributed by atoms with Crippen LogP contribution in [0.5, 0.6) is 0 Å². The maximum atomic E-state index is 5.94. The third-order valence-corrected chi connectivity index (χ3v) is 3.95. The van der Waals surface area contributed by atoms with Crippen LogP contribution in [-0.2, 0) is 5.75 Å². The van der Waals surface area contributed by atoms with Gasteiger partial charge in [-0.05, 0) is 25.7 Å². The molecule has 0 fully saturated rings. The summed E-state index contributed by atoms with van der Waals surface area (Å²) < 4.78 is 5.23. The normalized spacial score (nSPS) is 10.9. The van der Waals surface area contributed by atoms with Crippen LogP contribution >= 0.6 is 23.1 Å². The average Bonchev–Trinajstić information content (AvgIpc) is 2.75. The number of anilines is 1. The predicted molar refractivity (Wildman–Crippen MR) is 68.7 cm³/mol. The Hall–Kier alpha value is -1.01. The fourth-order valence-corrected chi connectivity index (χ4v) is 2.77. The highest BCUT2D eigenvalue weighted by atomic mass is 32.2. The Bertz CT molecular complexity index is 504. The molecule has 0 saturated carbocycles. The number of hydrogen-bond acceptors (Lipinski definition) is 6. The Morgan fingerprint density at radius 3 is 2.75 bits per heavy atom. The number of aryl methyl sites for hydroxylation is 1. The first-order valence-corrected chi connectivity index (χ1v) is 7.02. The minimum absolute atomic E-state index is 0.531. The van der Waals surface area contributed by atoms with Crippen molar-refractivity contribution in [2.24, 2.45) is 0 Å². The quantitative estimate of drug-likeness (QED) is 0.913. The van der Waals surface area contributed by atoms with Crippen molar-refractivity contribution in [3.63, 3.8) is 0 Å². The van der Waals surface area contributed by atoms with E-state index in [4.69, 9.17) is 10.3 Å². The van der Waals surface area contributed by atoms with Crippen LogP contribution in [0.2, 0.25) is 0 Å². The van der Waals surface area contributed by atoms with Gasteiger partial charge >= 0.3 is 0 Å². The summed E-state index contributed by atoms with van der Waals surface area (Å²) in [4.78, 5) is 5.53. The van der Waals surface area contributed by atoms with Crippen molar-refractivity contribution in [3.8, 4) is 11.5 Å². The number of thiophene rings is 1. The van der Waals surface area contributed by atoms with Crippen molar-refractivity contribution in [3.05, 3.63) is 16.3 Å². The van der Waals surface area contributed by atoms with Gasteiger partial charge in [-0.15, -0.1) is 11.3 Å². The van der Waals surface area contributed by atoms with E-state index in [1.165, 1.54) is 4.88 Å². The highest BCUT2D eigenvalue weighted by Gasteiger charge is 2.18. The van der Waals surface area contributed by atoms with E-state index in [0.717, 1.165) is 21.9 Å². The molecule has 2 aromatic heterocycles. The number of rotatable bonds is 3. The molecule has 0 saturated heterocycles. The minimum Gasteiger partial charge on any atom is -0.390 e. The molecular formula is C10H13N3OS2. The molecule has 0 radical (unpaired) electrons. The van der Waals surface area contributed by atoms with Crippen LogP contribution in [0.4, 0.5) is 5.00 Å². The van der Waals surface area contributed by atoms with Gasteiger partial charge in [0.05, 0.1) is 16.3 Å². The van der Waals surface area contributed by atoms with Gasteiger partial charge in [-0.25, -0.2) is 0 Å². The van der Waals surface area contributed by atoms with E-state index in [2.05, 4.69) is 10.1 Å². The lowest BCUT2D eigenvalue weighted by Crippen LogP contribution is -1.87. The summed E-state index contributed by atoms with van der Waals surface area (Å²) in [6.45, 7) is 4.06. The monoisotopic (exact) mass is 255 g/mol. The molecule has 0 amide bonds. The maximum Gasteiger partial charge on any atom is 0.261 e. The molecular weight excluding hydrogens is 242 g/mol. The molecule has 86 valence electrons. The first kappa shape index (κ1) is 11.5. The van der Waals surface area contributed by atoms with Gasteiger partial charge in [0.25, 0.3) is 5.89 Å². The fourth-order valence-electron chi connectivity index (χ4n) is 1.46. The second kappa shape index (κ2) is 4.47. The first-order chi connectivity index (χ1) is 7.63. The van der Waals surface area contributed by atoms with Gasteiger partial charge in [0.1, 0.15) is 0 Å². The molecule has 4 nitrogen and oxygen atoms in total. The predicted octanol–water partition coefficient (Wildman–Crippen LogP) is 2.86. The van der Waals surface area contributed by atoms with Crippen LogP contribution in [0, 0.1) is 13.8 Å². The number of nitrogen functional groups attached to an aromatic ring is 1. The first-order valence-electron chi connectivity index (χ1n) is 4.80. The third-order valence-electron chi connectivity index (χ3n) is 2.37. The van der Waals surface area contributed by atoms with Crippen LogP contribution in [0.3, 0.4) is 0 Å². The molecule has 0 atom stereocenters. The minimum atomic E-state index is 0.531. The molecule has 0 aliphatic heterocycles. The van der Waals surface area contributed by atoms with E-state index in [1.54, 1.807) is 23.1 Å². The van der Waals surface area contributed by atoms with Gasteiger partial charge in [-0.2, -0.15) is 16.7 Å². The van der Waals surface area contributed by atoms with E-state index >= 15 is 0 Å². The Kier molecular flexibility index (Phi) is 3.20. The number of aromatic nitrogens is 2. The number of nitrogens with two attached hydrogens (primary N) is 1. The number of hydrogen-bond donors (Lipinski definition) is 1. The lowest BCUT2D eigenvalue weighted by Gasteiger charge is -1.94.